The molecule has 2 amide bonds. The van der Waals surface area contributed by atoms with Gasteiger partial charge in [-0.2, -0.15) is 0 Å². The summed E-state index contributed by atoms with van der Waals surface area (Å²) >= 11 is 1.71. The molecule has 0 bridgehead atoms. The van der Waals surface area contributed by atoms with E-state index in [-0.39, 0.29) is 17.9 Å². The van der Waals surface area contributed by atoms with Crippen molar-refractivity contribution in [1.82, 2.24) is 10.2 Å². The van der Waals surface area contributed by atoms with Gasteiger partial charge in [0.15, 0.2) is 0 Å². The van der Waals surface area contributed by atoms with Crippen molar-refractivity contribution in [3.05, 3.63) is 30.3 Å². The minimum atomic E-state index is -0.410. The number of carbonyl (C=O) groups is 2. The van der Waals surface area contributed by atoms with E-state index in [0.29, 0.717) is 13.0 Å². The Bertz CT molecular complexity index is 478. The molecular formula is C15H20N2O2S. The van der Waals surface area contributed by atoms with E-state index in [1.807, 2.05) is 25.1 Å². The normalized spacial score (nSPS) is 22.8. The summed E-state index contributed by atoms with van der Waals surface area (Å²) in [5.41, 5.74) is 0. The van der Waals surface area contributed by atoms with Crippen LogP contribution in [0.5, 0.6) is 0 Å². The third-order valence-corrected chi connectivity index (χ3v) is 4.41. The highest BCUT2D eigenvalue weighted by Gasteiger charge is 2.36. The molecule has 4 nitrogen and oxygen atoms in total. The van der Waals surface area contributed by atoms with Gasteiger partial charge in [-0.1, -0.05) is 25.1 Å². The molecule has 1 aliphatic rings. The van der Waals surface area contributed by atoms with Crippen molar-refractivity contribution in [2.45, 2.75) is 37.2 Å². The smallest absolute Gasteiger partial charge is 0.245 e. The van der Waals surface area contributed by atoms with Crippen LogP contribution in [0.2, 0.25) is 0 Å². The average Bonchev–Trinajstić information content (AvgIpc) is 2.45. The molecule has 2 rings (SSSR count). The highest BCUT2D eigenvalue weighted by molar-refractivity contribution is 7.99. The van der Waals surface area contributed by atoms with Gasteiger partial charge in [-0.05, 0) is 25.5 Å². The maximum absolute atomic E-state index is 12.2. The number of hydrogen-bond donors (Lipinski definition) is 1. The van der Waals surface area contributed by atoms with E-state index in [1.165, 1.54) is 4.90 Å². The molecule has 1 heterocycles. The molecule has 5 heteroatoms. The summed E-state index contributed by atoms with van der Waals surface area (Å²) in [5, 5.41) is 2.73. The van der Waals surface area contributed by atoms with Crippen molar-refractivity contribution in [3.8, 4) is 0 Å². The number of rotatable bonds is 5. The van der Waals surface area contributed by atoms with Crippen LogP contribution in [-0.4, -0.2) is 41.1 Å². The third-order valence-electron chi connectivity index (χ3n) is 3.42. The van der Waals surface area contributed by atoms with Gasteiger partial charge in [-0.25, -0.2) is 0 Å². The van der Waals surface area contributed by atoms with Crippen LogP contribution in [0, 0.1) is 0 Å². The minimum absolute atomic E-state index is 0.0186. The molecule has 20 heavy (non-hydrogen) atoms. The molecule has 0 aromatic heterocycles. The number of amides is 2. The first-order valence-electron chi connectivity index (χ1n) is 6.92. The van der Waals surface area contributed by atoms with E-state index >= 15 is 0 Å². The summed E-state index contributed by atoms with van der Waals surface area (Å²) in [6, 6.07) is 9.35. The van der Waals surface area contributed by atoms with Crippen LogP contribution in [0.1, 0.15) is 20.3 Å². The number of nitrogens with one attached hydrogen (secondary N) is 1. The molecule has 1 aromatic rings. The first kappa shape index (κ1) is 14.9. The zero-order valence-electron chi connectivity index (χ0n) is 11.8. The monoisotopic (exact) mass is 292 g/mol. The molecule has 1 N–H and O–H groups in total. The Balaban J connectivity index is 1.95. The highest BCUT2D eigenvalue weighted by Crippen LogP contribution is 2.19. The largest absolute Gasteiger partial charge is 0.343 e. The van der Waals surface area contributed by atoms with Gasteiger partial charge in [0.25, 0.3) is 0 Å². The Morgan fingerprint density at radius 1 is 1.25 bits per heavy atom. The van der Waals surface area contributed by atoms with Crippen molar-refractivity contribution in [2.75, 3.05) is 12.3 Å². The zero-order chi connectivity index (χ0) is 14.5. The molecule has 2 atom stereocenters. The fraction of sp³-hybridized carbons (Fsp3) is 0.467. The zero-order valence-corrected chi connectivity index (χ0v) is 12.7. The number of benzene rings is 1. The average molecular weight is 292 g/mol. The summed E-state index contributed by atoms with van der Waals surface area (Å²) < 4.78 is 0. The highest BCUT2D eigenvalue weighted by atomic mass is 32.2. The van der Waals surface area contributed by atoms with Crippen molar-refractivity contribution < 1.29 is 9.59 Å². The summed E-state index contributed by atoms with van der Waals surface area (Å²) in [4.78, 5) is 27.0. The molecule has 0 aliphatic carbocycles. The third kappa shape index (κ3) is 3.33. The maximum atomic E-state index is 12.2. The second-order valence-corrected chi connectivity index (χ2v) is 6.02. The number of carbonyl (C=O) groups excluding carboxylic acids is 2. The van der Waals surface area contributed by atoms with Crippen LogP contribution in [0.15, 0.2) is 35.2 Å². The number of nitrogens with zero attached hydrogens (tertiary/aromatic N) is 1. The lowest BCUT2D eigenvalue weighted by Gasteiger charge is -2.37. The summed E-state index contributed by atoms with van der Waals surface area (Å²) in [7, 11) is 0. The van der Waals surface area contributed by atoms with Crippen LogP contribution in [0.3, 0.4) is 0 Å². The Labute approximate surface area is 123 Å². The van der Waals surface area contributed by atoms with Crippen LogP contribution in [0.4, 0.5) is 0 Å². The molecule has 2 unspecified atom stereocenters. The van der Waals surface area contributed by atoms with E-state index in [2.05, 4.69) is 17.4 Å². The van der Waals surface area contributed by atoms with Crippen LogP contribution in [0.25, 0.3) is 0 Å². The number of hydrogen-bond acceptors (Lipinski definition) is 3. The van der Waals surface area contributed by atoms with E-state index in [9.17, 15) is 9.59 Å². The second-order valence-electron chi connectivity index (χ2n) is 4.85. The summed E-state index contributed by atoms with van der Waals surface area (Å²) in [6.45, 7) is 4.28. The predicted octanol–water partition coefficient (Wildman–Crippen LogP) is 1.90. The Morgan fingerprint density at radius 3 is 2.60 bits per heavy atom. The number of thioether (sulfide) groups is 1. The summed E-state index contributed by atoms with van der Waals surface area (Å²) in [5.74, 6) is 0.779. The van der Waals surface area contributed by atoms with E-state index in [4.69, 9.17) is 0 Å². The first-order chi connectivity index (χ1) is 9.63. The van der Waals surface area contributed by atoms with Crippen molar-refractivity contribution in [2.24, 2.45) is 0 Å². The van der Waals surface area contributed by atoms with E-state index in [0.717, 1.165) is 5.75 Å². The van der Waals surface area contributed by atoms with Crippen molar-refractivity contribution in [3.63, 3.8) is 0 Å². The lowest BCUT2D eigenvalue weighted by molar-refractivity contribution is -0.148. The maximum Gasteiger partial charge on any atom is 0.245 e. The summed E-state index contributed by atoms with van der Waals surface area (Å²) in [6.07, 6.45) is 0.653. The van der Waals surface area contributed by atoms with Crippen molar-refractivity contribution in [1.29, 1.82) is 0 Å². The van der Waals surface area contributed by atoms with E-state index in [1.54, 1.807) is 23.6 Å². The van der Waals surface area contributed by atoms with Crippen molar-refractivity contribution >= 4 is 23.6 Å². The van der Waals surface area contributed by atoms with Crippen LogP contribution < -0.4 is 5.32 Å². The molecule has 1 aliphatic heterocycles. The quantitative estimate of drug-likeness (QED) is 0.843. The minimum Gasteiger partial charge on any atom is -0.343 e. The topological polar surface area (TPSA) is 49.4 Å². The van der Waals surface area contributed by atoms with Gasteiger partial charge in [0.05, 0.1) is 0 Å². The van der Waals surface area contributed by atoms with Gasteiger partial charge in [0.1, 0.15) is 12.1 Å². The van der Waals surface area contributed by atoms with E-state index < -0.39 is 6.04 Å². The standard InChI is InChI=1S/C15H20N2O2S/c1-3-13-14(18)16-11(2)15(19)17(13)9-10-20-12-7-5-4-6-8-12/h4-8,11,13H,3,9-10H2,1-2H3,(H,16,18). The second kappa shape index (κ2) is 6.79. The van der Waals surface area contributed by atoms with Gasteiger partial charge < -0.3 is 10.2 Å². The lowest BCUT2D eigenvalue weighted by Crippen LogP contribution is -2.62. The van der Waals surface area contributed by atoms with Crippen LogP contribution in [-0.2, 0) is 9.59 Å². The molecule has 1 fully saturated rings. The lowest BCUT2D eigenvalue weighted by atomic mass is 10.1. The molecule has 1 saturated heterocycles. The van der Waals surface area contributed by atoms with Gasteiger partial charge >= 0.3 is 0 Å². The molecule has 108 valence electrons. The predicted molar refractivity (Wildman–Crippen MR) is 80.6 cm³/mol. The molecular weight excluding hydrogens is 272 g/mol. The fourth-order valence-corrected chi connectivity index (χ4v) is 3.24. The van der Waals surface area contributed by atoms with Crippen LogP contribution >= 0.6 is 11.8 Å². The van der Waals surface area contributed by atoms with Gasteiger partial charge in [0.2, 0.25) is 11.8 Å². The number of piperazine rings is 1. The molecule has 0 saturated carbocycles. The van der Waals surface area contributed by atoms with Gasteiger partial charge in [-0.3, -0.25) is 9.59 Å². The van der Waals surface area contributed by atoms with Gasteiger partial charge in [-0.15, -0.1) is 11.8 Å². The Kier molecular flexibility index (Phi) is 5.06. The Hall–Kier alpha value is -1.49. The molecule has 1 aromatic carbocycles. The fourth-order valence-electron chi connectivity index (χ4n) is 2.37. The molecule has 0 spiro atoms. The Morgan fingerprint density at radius 2 is 1.95 bits per heavy atom. The van der Waals surface area contributed by atoms with Gasteiger partial charge in [0, 0.05) is 17.2 Å². The SMILES string of the molecule is CCC1C(=O)NC(C)C(=O)N1CCSc1ccccc1. The first-order valence-corrected chi connectivity index (χ1v) is 7.90. The molecule has 0 radical (unpaired) electrons.